The molecule has 7 nitrogen and oxygen atoms in total. The van der Waals surface area contributed by atoms with E-state index in [1.54, 1.807) is 28.6 Å². The summed E-state index contributed by atoms with van der Waals surface area (Å²) >= 11 is 6.14. The van der Waals surface area contributed by atoms with Gasteiger partial charge in [0.25, 0.3) is 0 Å². The zero-order valence-corrected chi connectivity index (χ0v) is 20.2. The molecule has 2 aliphatic rings. The number of anilines is 1. The lowest BCUT2D eigenvalue weighted by Crippen LogP contribution is -2.43. The first-order valence-electron chi connectivity index (χ1n) is 11.2. The number of fused-ring (bicyclic) bond motifs is 1. The minimum absolute atomic E-state index is 0.133. The summed E-state index contributed by atoms with van der Waals surface area (Å²) in [7, 11) is -3.58. The molecule has 9 heteroatoms. The van der Waals surface area contributed by atoms with Crippen molar-refractivity contribution in [3.8, 4) is 0 Å². The largest absolute Gasteiger partial charge is 0.350 e. The number of sulfonamides is 1. The molecule has 33 heavy (non-hydrogen) atoms. The summed E-state index contributed by atoms with van der Waals surface area (Å²) in [5, 5.41) is 3.36. The number of halogens is 1. The molecular weight excluding hydrogens is 462 g/mol. The topological polar surface area (TPSA) is 86.8 Å². The second-order valence-corrected chi connectivity index (χ2v) is 11.1. The molecule has 176 valence electrons. The van der Waals surface area contributed by atoms with Crippen molar-refractivity contribution in [2.45, 2.75) is 44.0 Å². The molecule has 2 amide bonds. The number of carbonyl (C=O) groups excluding carboxylic acids is 2. The molecular formula is C24H28ClN3O4S. The number of hydrogen-bond acceptors (Lipinski definition) is 4. The van der Waals surface area contributed by atoms with Crippen LogP contribution in [0.2, 0.25) is 5.02 Å². The standard InChI is InChI=1S/C24H28ClN3O4S/c1-17-10-12-27(13-11-17)33(31,32)20-7-8-22-18(14-20)6-9-24(30)28(22)16-23(29)26-15-19-4-2-3-5-21(19)25/h2-5,7-8,14,17H,6,9-13,15-16H2,1H3,(H,26,29). The average molecular weight is 490 g/mol. The number of nitrogens with one attached hydrogen (secondary N) is 1. The Bertz CT molecular complexity index is 1160. The molecule has 0 bridgehead atoms. The number of carbonyl (C=O) groups is 2. The Hall–Kier alpha value is -2.42. The van der Waals surface area contributed by atoms with Gasteiger partial charge in [0.15, 0.2) is 0 Å². The number of nitrogens with zero attached hydrogens (tertiary/aromatic N) is 2. The lowest BCUT2D eigenvalue weighted by molar-refractivity contribution is -0.124. The smallest absolute Gasteiger partial charge is 0.243 e. The van der Waals surface area contributed by atoms with Crippen molar-refractivity contribution >= 4 is 39.1 Å². The van der Waals surface area contributed by atoms with Gasteiger partial charge in [-0.15, -0.1) is 0 Å². The van der Waals surface area contributed by atoms with Crippen molar-refractivity contribution in [2.75, 3.05) is 24.5 Å². The van der Waals surface area contributed by atoms with E-state index in [4.69, 9.17) is 11.6 Å². The highest BCUT2D eigenvalue weighted by atomic mass is 35.5. The Balaban J connectivity index is 1.48. The Morgan fingerprint density at radius 3 is 2.58 bits per heavy atom. The molecule has 2 heterocycles. The maximum atomic E-state index is 13.1. The fourth-order valence-electron chi connectivity index (χ4n) is 4.28. The third-order valence-electron chi connectivity index (χ3n) is 6.37. The van der Waals surface area contributed by atoms with Gasteiger partial charge in [0.2, 0.25) is 21.8 Å². The van der Waals surface area contributed by atoms with E-state index in [2.05, 4.69) is 12.2 Å². The highest BCUT2D eigenvalue weighted by molar-refractivity contribution is 7.89. The van der Waals surface area contributed by atoms with Gasteiger partial charge in [-0.25, -0.2) is 8.42 Å². The summed E-state index contributed by atoms with van der Waals surface area (Å²) in [6.07, 6.45) is 2.40. The van der Waals surface area contributed by atoms with Gasteiger partial charge < -0.3 is 10.2 Å². The van der Waals surface area contributed by atoms with Crippen molar-refractivity contribution in [2.24, 2.45) is 5.92 Å². The number of piperidine rings is 1. The van der Waals surface area contributed by atoms with Crippen molar-refractivity contribution in [3.63, 3.8) is 0 Å². The predicted molar refractivity (Wildman–Crippen MR) is 128 cm³/mol. The molecule has 0 aromatic heterocycles. The fourth-order valence-corrected chi connectivity index (χ4v) is 6.00. The number of rotatable bonds is 6. The first-order chi connectivity index (χ1) is 15.8. The number of benzene rings is 2. The Morgan fingerprint density at radius 1 is 1.12 bits per heavy atom. The first kappa shape index (κ1) is 23.7. The maximum absolute atomic E-state index is 13.1. The normalized spacial score (nSPS) is 17.6. The quantitative estimate of drug-likeness (QED) is 0.674. The van der Waals surface area contributed by atoms with E-state index in [0.717, 1.165) is 24.0 Å². The zero-order chi connectivity index (χ0) is 23.6. The predicted octanol–water partition coefficient (Wildman–Crippen LogP) is 3.36. The van der Waals surface area contributed by atoms with Gasteiger partial charge in [-0.05, 0) is 60.6 Å². The molecule has 1 N–H and O–H groups in total. The molecule has 0 aliphatic carbocycles. The molecule has 2 aliphatic heterocycles. The molecule has 4 rings (SSSR count). The summed E-state index contributed by atoms with van der Waals surface area (Å²) in [4.78, 5) is 26.8. The van der Waals surface area contributed by atoms with Crippen molar-refractivity contribution in [3.05, 3.63) is 58.6 Å². The summed E-state index contributed by atoms with van der Waals surface area (Å²) in [6.45, 7) is 3.32. The maximum Gasteiger partial charge on any atom is 0.243 e. The SMILES string of the molecule is CC1CCN(S(=O)(=O)c2ccc3c(c2)CCC(=O)N3CC(=O)NCc2ccccc2Cl)CC1. The molecule has 1 saturated heterocycles. The van der Waals surface area contributed by atoms with E-state index >= 15 is 0 Å². The monoisotopic (exact) mass is 489 g/mol. The van der Waals surface area contributed by atoms with Crippen LogP contribution in [0, 0.1) is 5.92 Å². The van der Waals surface area contributed by atoms with Crippen molar-refractivity contribution < 1.29 is 18.0 Å². The van der Waals surface area contributed by atoms with E-state index in [-0.39, 0.29) is 36.2 Å². The van der Waals surface area contributed by atoms with Crippen LogP contribution >= 0.6 is 11.6 Å². The lowest BCUT2D eigenvalue weighted by Gasteiger charge is -2.31. The van der Waals surface area contributed by atoms with Crippen LogP contribution in [0.25, 0.3) is 0 Å². The molecule has 1 fully saturated rings. The Morgan fingerprint density at radius 2 is 1.85 bits per heavy atom. The second kappa shape index (κ2) is 9.83. The van der Waals surface area contributed by atoms with E-state index in [1.165, 1.54) is 4.90 Å². The average Bonchev–Trinajstić information content (AvgIpc) is 2.80. The van der Waals surface area contributed by atoms with Gasteiger partial charge in [-0.3, -0.25) is 9.59 Å². The van der Waals surface area contributed by atoms with Crippen molar-refractivity contribution in [1.82, 2.24) is 9.62 Å². The molecule has 2 aromatic carbocycles. The van der Waals surface area contributed by atoms with Crippen LogP contribution in [0.15, 0.2) is 47.4 Å². The molecule has 2 aromatic rings. The Kier molecular flexibility index (Phi) is 7.07. The minimum Gasteiger partial charge on any atom is -0.350 e. The number of hydrogen-bond donors (Lipinski definition) is 1. The summed E-state index contributed by atoms with van der Waals surface area (Å²) < 4.78 is 27.8. The van der Waals surface area contributed by atoms with Crippen LogP contribution < -0.4 is 10.2 Å². The van der Waals surface area contributed by atoms with Gasteiger partial charge in [0, 0.05) is 36.8 Å². The summed E-state index contributed by atoms with van der Waals surface area (Å²) in [6, 6.07) is 12.1. The molecule has 0 radical (unpaired) electrons. The lowest BCUT2D eigenvalue weighted by atomic mass is 10.0. The molecule has 0 unspecified atom stereocenters. The van der Waals surface area contributed by atoms with Crippen LogP contribution in [0.1, 0.15) is 37.3 Å². The molecule has 0 spiro atoms. The fraction of sp³-hybridized carbons (Fsp3) is 0.417. The van der Waals surface area contributed by atoms with Crippen LogP contribution in [0.3, 0.4) is 0 Å². The highest BCUT2D eigenvalue weighted by Crippen LogP contribution is 2.32. The van der Waals surface area contributed by atoms with Crippen LogP contribution in [0.5, 0.6) is 0 Å². The first-order valence-corrected chi connectivity index (χ1v) is 13.0. The van der Waals surface area contributed by atoms with Gasteiger partial charge in [-0.2, -0.15) is 4.31 Å². The van der Waals surface area contributed by atoms with Crippen LogP contribution in [0.4, 0.5) is 5.69 Å². The van der Waals surface area contributed by atoms with Crippen molar-refractivity contribution in [1.29, 1.82) is 0 Å². The van der Waals surface area contributed by atoms with Gasteiger partial charge in [0.05, 0.1) is 4.90 Å². The van der Waals surface area contributed by atoms with Gasteiger partial charge in [0.1, 0.15) is 6.54 Å². The third kappa shape index (κ3) is 5.23. The Labute approximate surface area is 199 Å². The van der Waals surface area contributed by atoms with Gasteiger partial charge >= 0.3 is 0 Å². The molecule has 0 saturated carbocycles. The summed E-state index contributed by atoms with van der Waals surface area (Å²) in [5.74, 6) is 0.0647. The van der Waals surface area contributed by atoms with Gasteiger partial charge in [-0.1, -0.05) is 36.7 Å². The zero-order valence-electron chi connectivity index (χ0n) is 18.6. The van der Waals surface area contributed by atoms with E-state index in [0.29, 0.717) is 36.1 Å². The minimum atomic E-state index is -3.58. The number of amides is 2. The second-order valence-electron chi connectivity index (χ2n) is 8.73. The van der Waals surface area contributed by atoms with E-state index in [1.807, 2.05) is 18.2 Å². The van der Waals surface area contributed by atoms with E-state index in [9.17, 15) is 18.0 Å². The van der Waals surface area contributed by atoms with E-state index < -0.39 is 10.0 Å². The summed E-state index contributed by atoms with van der Waals surface area (Å²) in [5.41, 5.74) is 2.14. The molecule has 0 atom stereocenters. The number of aryl methyl sites for hydroxylation is 1. The van der Waals surface area contributed by atoms with Crippen LogP contribution in [-0.2, 0) is 32.6 Å². The third-order valence-corrected chi connectivity index (χ3v) is 8.63. The van der Waals surface area contributed by atoms with Crippen LogP contribution in [-0.4, -0.2) is 44.2 Å². The highest BCUT2D eigenvalue weighted by Gasteiger charge is 2.31.